The van der Waals surface area contributed by atoms with Gasteiger partial charge in [0, 0.05) is 6.07 Å². The molecule has 0 N–H and O–H groups in total. The van der Waals surface area contributed by atoms with Crippen LogP contribution in [0.5, 0.6) is 5.75 Å². The number of benzene rings is 1. The fourth-order valence-corrected chi connectivity index (χ4v) is 1.45. The van der Waals surface area contributed by atoms with Gasteiger partial charge in [0.05, 0.1) is 7.11 Å². The van der Waals surface area contributed by atoms with Crippen molar-refractivity contribution < 1.29 is 48.6 Å². The average molecular weight is 242 g/mol. The zero-order valence-electron chi connectivity index (χ0n) is 9.35. The third-order valence-corrected chi connectivity index (χ3v) is 2.14. The number of carbonyl (C=O) groups is 1. The number of carboxylic acids is 1. The molecule has 82 valence electrons. The van der Waals surface area contributed by atoms with Crippen LogP contribution >= 0.6 is 0 Å². The topological polar surface area (TPSA) is 79.6 Å². The number of ether oxygens (including phenoxy) is 1. The first kappa shape index (κ1) is 13.8. The Balaban J connectivity index is 0.00000144. The zero-order chi connectivity index (χ0) is 11.7. The first-order chi connectivity index (χ1) is 7.63. The second-order valence-corrected chi connectivity index (χ2v) is 3.10. The Morgan fingerprint density at radius 1 is 1.41 bits per heavy atom. The van der Waals surface area contributed by atoms with Crippen molar-refractivity contribution in [1.82, 2.24) is 0 Å². The molecule has 2 aromatic rings. The standard InChI is InChI=1S/C11H8O5.Na/c1-15-7-3-2-4-8-10(7)6(12)5-9(16-8)11(13)14;/h2-5H,1H3,(H,13,14);/q;+1/p-1. The predicted molar refractivity (Wildman–Crippen MR) is 53.4 cm³/mol. The summed E-state index contributed by atoms with van der Waals surface area (Å²) >= 11 is 0. The van der Waals surface area contributed by atoms with E-state index in [1.54, 1.807) is 12.1 Å². The Kier molecular flexibility index (Phi) is 4.34. The zero-order valence-corrected chi connectivity index (χ0v) is 11.4. The van der Waals surface area contributed by atoms with Crippen LogP contribution in [0.3, 0.4) is 0 Å². The van der Waals surface area contributed by atoms with Crippen molar-refractivity contribution >= 4 is 16.9 Å². The third-order valence-electron chi connectivity index (χ3n) is 2.14. The smallest absolute Gasteiger partial charge is 0.542 e. The summed E-state index contributed by atoms with van der Waals surface area (Å²) in [4.78, 5) is 22.2. The maximum Gasteiger partial charge on any atom is 1.00 e. The molecule has 0 aliphatic heterocycles. The first-order valence-corrected chi connectivity index (χ1v) is 4.45. The van der Waals surface area contributed by atoms with Gasteiger partial charge < -0.3 is 19.1 Å². The summed E-state index contributed by atoms with van der Waals surface area (Å²) in [5.74, 6) is -1.68. The van der Waals surface area contributed by atoms with Crippen LogP contribution in [-0.2, 0) is 0 Å². The number of aromatic carboxylic acids is 1. The fraction of sp³-hybridized carbons (Fsp3) is 0.0909. The van der Waals surface area contributed by atoms with Crippen molar-refractivity contribution in [2.24, 2.45) is 0 Å². The second kappa shape index (κ2) is 5.35. The molecule has 1 heterocycles. The van der Waals surface area contributed by atoms with Crippen molar-refractivity contribution in [1.29, 1.82) is 0 Å². The molecule has 6 heteroatoms. The molecule has 0 atom stereocenters. The summed E-state index contributed by atoms with van der Waals surface area (Å²) in [6.45, 7) is 0. The summed E-state index contributed by atoms with van der Waals surface area (Å²) in [5.41, 5.74) is -0.316. The molecule has 0 bridgehead atoms. The molecule has 0 radical (unpaired) electrons. The minimum atomic E-state index is -1.53. The Hall–Kier alpha value is -1.30. The van der Waals surface area contributed by atoms with Gasteiger partial charge in [0.2, 0.25) is 0 Å². The number of carbonyl (C=O) groups excluding carboxylic acids is 1. The van der Waals surface area contributed by atoms with Gasteiger partial charge in [0.15, 0.2) is 11.2 Å². The van der Waals surface area contributed by atoms with Crippen LogP contribution in [0.1, 0.15) is 10.6 Å². The van der Waals surface area contributed by atoms with Crippen LogP contribution in [0.4, 0.5) is 0 Å². The van der Waals surface area contributed by atoms with Gasteiger partial charge in [0.1, 0.15) is 22.7 Å². The minimum Gasteiger partial charge on any atom is -0.542 e. The van der Waals surface area contributed by atoms with E-state index in [4.69, 9.17) is 9.15 Å². The minimum absolute atomic E-state index is 0. The predicted octanol–water partition coefficient (Wildman–Crippen LogP) is -2.83. The van der Waals surface area contributed by atoms with Gasteiger partial charge in [-0.3, -0.25) is 4.79 Å². The number of fused-ring (bicyclic) bond motifs is 1. The normalized spacial score (nSPS) is 9.71. The van der Waals surface area contributed by atoms with Crippen molar-refractivity contribution in [3.8, 4) is 5.75 Å². The summed E-state index contributed by atoms with van der Waals surface area (Å²) in [7, 11) is 1.42. The summed E-state index contributed by atoms with van der Waals surface area (Å²) in [6.07, 6.45) is 0. The van der Waals surface area contributed by atoms with E-state index >= 15 is 0 Å². The second-order valence-electron chi connectivity index (χ2n) is 3.10. The van der Waals surface area contributed by atoms with E-state index in [0.717, 1.165) is 6.07 Å². The largest absolute Gasteiger partial charge is 1.00 e. The van der Waals surface area contributed by atoms with E-state index in [-0.39, 0.29) is 40.5 Å². The molecule has 2 rings (SSSR count). The van der Waals surface area contributed by atoms with Gasteiger partial charge in [-0.15, -0.1) is 0 Å². The van der Waals surface area contributed by atoms with Crippen molar-refractivity contribution in [3.63, 3.8) is 0 Å². The van der Waals surface area contributed by atoms with Gasteiger partial charge in [-0.05, 0) is 12.1 Å². The number of hydrogen-bond donors (Lipinski definition) is 0. The van der Waals surface area contributed by atoms with Crippen LogP contribution in [0.15, 0.2) is 33.5 Å². The van der Waals surface area contributed by atoms with Crippen molar-refractivity contribution in [3.05, 3.63) is 40.2 Å². The van der Waals surface area contributed by atoms with Crippen LogP contribution in [-0.4, -0.2) is 13.1 Å². The molecule has 0 saturated carbocycles. The molecule has 1 aromatic carbocycles. The average Bonchev–Trinajstić information content (AvgIpc) is 2.27. The van der Waals surface area contributed by atoms with E-state index in [1.807, 2.05) is 0 Å². The molecule has 0 fully saturated rings. The Labute approximate surface area is 118 Å². The van der Waals surface area contributed by atoms with Crippen molar-refractivity contribution in [2.45, 2.75) is 0 Å². The molecule has 0 aliphatic carbocycles. The number of carboxylic acid groups (broad SMARTS) is 1. The van der Waals surface area contributed by atoms with Crippen LogP contribution in [0.25, 0.3) is 11.0 Å². The Morgan fingerprint density at radius 2 is 2.12 bits per heavy atom. The van der Waals surface area contributed by atoms with Crippen LogP contribution in [0, 0.1) is 0 Å². The monoisotopic (exact) mass is 242 g/mol. The third kappa shape index (κ3) is 2.52. The van der Waals surface area contributed by atoms with Gasteiger partial charge in [0.25, 0.3) is 0 Å². The van der Waals surface area contributed by atoms with Crippen LogP contribution in [0.2, 0.25) is 0 Å². The number of rotatable bonds is 2. The van der Waals surface area contributed by atoms with E-state index in [2.05, 4.69) is 0 Å². The summed E-state index contributed by atoms with van der Waals surface area (Å²) < 4.78 is 9.99. The number of methoxy groups -OCH3 is 1. The molecule has 0 amide bonds. The molecule has 0 aliphatic rings. The SMILES string of the molecule is COc1cccc2oc(C(=O)[O-])cc(=O)c12.[Na+]. The maximum absolute atomic E-state index is 11.7. The van der Waals surface area contributed by atoms with Gasteiger partial charge in [-0.1, -0.05) is 6.07 Å². The molecular formula is C11H7NaO5. The summed E-state index contributed by atoms with van der Waals surface area (Å²) in [5, 5.41) is 10.8. The molecule has 0 spiro atoms. The van der Waals surface area contributed by atoms with E-state index in [9.17, 15) is 14.7 Å². The molecule has 5 nitrogen and oxygen atoms in total. The van der Waals surface area contributed by atoms with E-state index in [1.165, 1.54) is 13.2 Å². The van der Waals surface area contributed by atoms with Crippen molar-refractivity contribution in [2.75, 3.05) is 7.11 Å². The fourth-order valence-electron chi connectivity index (χ4n) is 1.45. The van der Waals surface area contributed by atoms with Crippen LogP contribution < -0.4 is 44.8 Å². The van der Waals surface area contributed by atoms with E-state index in [0.29, 0.717) is 5.75 Å². The van der Waals surface area contributed by atoms with Gasteiger partial charge in [-0.2, -0.15) is 0 Å². The first-order valence-electron chi connectivity index (χ1n) is 4.45. The molecule has 1 aromatic heterocycles. The molecule has 0 unspecified atom stereocenters. The van der Waals surface area contributed by atoms with Gasteiger partial charge >= 0.3 is 29.6 Å². The quantitative estimate of drug-likeness (QED) is 0.530. The Morgan fingerprint density at radius 3 is 2.71 bits per heavy atom. The number of hydrogen-bond acceptors (Lipinski definition) is 5. The molecule has 0 saturated heterocycles. The molecular weight excluding hydrogens is 235 g/mol. The maximum atomic E-state index is 11.7. The molecule has 17 heavy (non-hydrogen) atoms. The van der Waals surface area contributed by atoms with Gasteiger partial charge in [-0.25, -0.2) is 0 Å². The summed E-state index contributed by atoms with van der Waals surface area (Å²) in [6, 6.07) is 5.56. The van der Waals surface area contributed by atoms with E-state index < -0.39 is 17.2 Å². The Bertz CT molecular complexity index is 617.